The number of carbonyl (C=O) groups excluding carboxylic acids is 2. The molecule has 2 amide bonds. The molecule has 3 rings (SSSR count). The molecule has 9 nitrogen and oxygen atoms in total. The Labute approximate surface area is 144 Å². The molecule has 9 heteroatoms. The molecule has 0 aromatic carbocycles. The van der Waals surface area contributed by atoms with E-state index < -0.39 is 5.91 Å². The summed E-state index contributed by atoms with van der Waals surface area (Å²) < 4.78 is 0. The molecular formula is C16H19N7O2. The Kier molecular flexibility index (Phi) is 4.73. The van der Waals surface area contributed by atoms with E-state index in [0.717, 1.165) is 0 Å². The molecule has 0 aliphatic carbocycles. The molecule has 1 saturated heterocycles. The van der Waals surface area contributed by atoms with Crippen molar-refractivity contribution in [1.29, 1.82) is 0 Å². The first-order valence-corrected chi connectivity index (χ1v) is 7.90. The average molecular weight is 341 g/mol. The molecule has 0 saturated carbocycles. The molecule has 3 heterocycles. The highest BCUT2D eigenvalue weighted by Gasteiger charge is 2.22. The first-order valence-electron chi connectivity index (χ1n) is 7.90. The highest BCUT2D eigenvalue weighted by Crippen LogP contribution is 2.17. The van der Waals surface area contributed by atoms with E-state index in [2.05, 4.69) is 20.3 Å². The van der Waals surface area contributed by atoms with Gasteiger partial charge in [0.25, 0.3) is 5.91 Å². The Morgan fingerprint density at radius 1 is 1.16 bits per heavy atom. The van der Waals surface area contributed by atoms with Gasteiger partial charge in [0.2, 0.25) is 5.91 Å². The van der Waals surface area contributed by atoms with Crippen LogP contribution >= 0.6 is 0 Å². The Hall–Kier alpha value is -3.23. The van der Waals surface area contributed by atoms with E-state index in [4.69, 9.17) is 5.73 Å². The SMILES string of the molecule is CC(=O)N1CCN(c2cnc(N)c(C(=O)Nc3ccccn3)n2)CC1. The maximum Gasteiger partial charge on any atom is 0.279 e. The number of aromatic nitrogens is 3. The lowest BCUT2D eigenvalue weighted by Crippen LogP contribution is -2.48. The molecular weight excluding hydrogens is 322 g/mol. The van der Waals surface area contributed by atoms with Crippen molar-refractivity contribution < 1.29 is 9.59 Å². The molecule has 0 atom stereocenters. The standard InChI is InChI=1S/C16H19N7O2/c1-11(24)22-6-8-23(9-7-22)13-10-19-15(17)14(21-13)16(25)20-12-4-2-3-5-18-12/h2-5,10H,6-9H2,1H3,(H2,17,19)(H,18,20,25). The minimum Gasteiger partial charge on any atom is -0.382 e. The van der Waals surface area contributed by atoms with Crippen molar-refractivity contribution in [3.8, 4) is 0 Å². The zero-order chi connectivity index (χ0) is 17.8. The number of carbonyl (C=O) groups is 2. The van der Waals surface area contributed by atoms with Crippen LogP contribution in [0.1, 0.15) is 17.4 Å². The molecule has 0 bridgehead atoms. The fourth-order valence-corrected chi connectivity index (χ4v) is 2.57. The van der Waals surface area contributed by atoms with Crippen LogP contribution in [-0.2, 0) is 4.79 Å². The van der Waals surface area contributed by atoms with Crippen LogP contribution in [0.5, 0.6) is 0 Å². The Bertz CT molecular complexity index is 773. The van der Waals surface area contributed by atoms with Crippen LogP contribution in [0, 0.1) is 0 Å². The fraction of sp³-hybridized carbons (Fsp3) is 0.312. The molecule has 0 spiro atoms. The summed E-state index contributed by atoms with van der Waals surface area (Å²) >= 11 is 0. The number of pyridine rings is 1. The third kappa shape index (κ3) is 3.82. The molecule has 1 fully saturated rings. The summed E-state index contributed by atoms with van der Waals surface area (Å²) in [5.41, 5.74) is 5.86. The van der Waals surface area contributed by atoms with E-state index >= 15 is 0 Å². The van der Waals surface area contributed by atoms with Gasteiger partial charge in [-0.05, 0) is 12.1 Å². The van der Waals surface area contributed by atoms with Crippen LogP contribution in [0.2, 0.25) is 0 Å². The van der Waals surface area contributed by atoms with Gasteiger partial charge in [-0.1, -0.05) is 6.07 Å². The number of anilines is 3. The number of nitrogens with zero attached hydrogens (tertiary/aromatic N) is 5. The fourth-order valence-electron chi connectivity index (χ4n) is 2.57. The van der Waals surface area contributed by atoms with Crippen LogP contribution < -0.4 is 16.0 Å². The second-order valence-electron chi connectivity index (χ2n) is 5.62. The first kappa shape index (κ1) is 16.6. The summed E-state index contributed by atoms with van der Waals surface area (Å²) in [6.45, 7) is 4.02. The summed E-state index contributed by atoms with van der Waals surface area (Å²) in [4.78, 5) is 40.0. The number of piperazine rings is 1. The van der Waals surface area contributed by atoms with Crippen molar-refractivity contribution in [3.63, 3.8) is 0 Å². The number of nitrogens with one attached hydrogen (secondary N) is 1. The van der Waals surface area contributed by atoms with Gasteiger partial charge in [-0.25, -0.2) is 15.0 Å². The summed E-state index contributed by atoms with van der Waals surface area (Å²) in [5.74, 6) is 0.615. The second kappa shape index (κ2) is 7.12. The van der Waals surface area contributed by atoms with E-state index in [1.165, 1.54) is 6.20 Å². The van der Waals surface area contributed by atoms with Crippen LogP contribution in [0.15, 0.2) is 30.6 Å². The molecule has 0 unspecified atom stereocenters. The highest BCUT2D eigenvalue weighted by atomic mass is 16.2. The Morgan fingerprint density at radius 2 is 1.92 bits per heavy atom. The minimum absolute atomic E-state index is 0.0529. The Balaban J connectivity index is 1.74. The van der Waals surface area contributed by atoms with E-state index in [1.54, 1.807) is 36.2 Å². The largest absolute Gasteiger partial charge is 0.382 e. The van der Waals surface area contributed by atoms with Crippen LogP contribution in [0.4, 0.5) is 17.5 Å². The summed E-state index contributed by atoms with van der Waals surface area (Å²) in [6, 6.07) is 5.19. The second-order valence-corrected chi connectivity index (χ2v) is 5.62. The molecule has 130 valence electrons. The molecule has 2 aromatic heterocycles. The van der Waals surface area contributed by atoms with Crippen molar-refractivity contribution >= 4 is 29.3 Å². The Morgan fingerprint density at radius 3 is 2.56 bits per heavy atom. The van der Waals surface area contributed by atoms with Gasteiger partial charge < -0.3 is 20.9 Å². The number of nitrogens with two attached hydrogens (primary N) is 1. The van der Waals surface area contributed by atoms with Crippen molar-refractivity contribution in [1.82, 2.24) is 19.9 Å². The molecule has 1 aliphatic rings. The minimum atomic E-state index is -0.465. The van der Waals surface area contributed by atoms with Gasteiger partial charge in [0, 0.05) is 39.3 Å². The van der Waals surface area contributed by atoms with Crippen molar-refractivity contribution in [3.05, 3.63) is 36.3 Å². The summed E-state index contributed by atoms with van der Waals surface area (Å²) in [5, 5.41) is 2.65. The predicted molar refractivity (Wildman–Crippen MR) is 93.1 cm³/mol. The number of nitrogen functional groups attached to an aromatic ring is 1. The predicted octanol–water partition coefficient (Wildman–Crippen LogP) is 0.375. The molecule has 2 aromatic rings. The lowest BCUT2D eigenvalue weighted by atomic mass is 10.3. The lowest BCUT2D eigenvalue weighted by Gasteiger charge is -2.34. The van der Waals surface area contributed by atoms with Crippen LogP contribution in [-0.4, -0.2) is 57.8 Å². The molecule has 0 radical (unpaired) electrons. The van der Waals surface area contributed by atoms with Crippen LogP contribution in [0.3, 0.4) is 0 Å². The van der Waals surface area contributed by atoms with E-state index in [1.807, 2.05) is 4.90 Å². The van der Waals surface area contributed by atoms with Gasteiger partial charge in [0.05, 0.1) is 6.20 Å². The van der Waals surface area contributed by atoms with Crippen molar-refractivity contribution in [2.24, 2.45) is 0 Å². The first-order chi connectivity index (χ1) is 12.0. The number of amides is 2. The summed E-state index contributed by atoms with van der Waals surface area (Å²) in [6.07, 6.45) is 3.12. The van der Waals surface area contributed by atoms with Gasteiger partial charge in [0.15, 0.2) is 11.5 Å². The quantitative estimate of drug-likeness (QED) is 0.828. The van der Waals surface area contributed by atoms with Gasteiger partial charge in [-0.15, -0.1) is 0 Å². The molecule has 1 aliphatic heterocycles. The zero-order valence-corrected chi connectivity index (χ0v) is 13.8. The monoisotopic (exact) mass is 341 g/mol. The van der Waals surface area contributed by atoms with E-state index in [-0.39, 0.29) is 17.4 Å². The van der Waals surface area contributed by atoms with E-state index in [9.17, 15) is 9.59 Å². The third-order valence-corrected chi connectivity index (χ3v) is 3.96. The van der Waals surface area contributed by atoms with Crippen molar-refractivity contribution in [2.45, 2.75) is 6.92 Å². The topological polar surface area (TPSA) is 117 Å². The number of hydrogen-bond acceptors (Lipinski definition) is 7. The van der Waals surface area contributed by atoms with Gasteiger partial charge in [0.1, 0.15) is 11.6 Å². The zero-order valence-electron chi connectivity index (χ0n) is 13.8. The summed E-state index contributed by atoms with van der Waals surface area (Å²) in [7, 11) is 0. The van der Waals surface area contributed by atoms with Gasteiger partial charge in [-0.3, -0.25) is 9.59 Å². The maximum atomic E-state index is 12.4. The smallest absolute Gasteiger partial charge is 0.279 e. The number of rotatable bonds is 3. The average Bonchev–Trinajstić information content (AvgIpc) is 2.63. The van der Waals surface area contributed by atoms with E-state index in [0.29, 0.717) is 37.8 Å². The normalized spacial score (nSPS) is 14.3. The third-order valence-electron chi connectivity index (χ3n) is 3.96. The van der Waals surface area contributed by atoms with Gasteiger partial charge >= 0.3 is 0 Å². The highest BCUT2D eigenvalue weighted by molar-refractivity contribution is 6.05. The van der Waals surface area contributed by atoms with Crippen LogP contribution in [0.25, 0.3) is 0 Å². The number of hydrogen-bond donors (Lipinski definition) is 2. The lowest BCUT2D eigenvalue weighted by molar-refractivity contribution is -0.129. The molecule has 25 heavy (non-hydrogen) atoms. The maximum absolute atomic E-state index is 12.4. The molecule has 3 N–H and O–H groups in total. The van der Waals surface area contributed by atoms with Gasteiger partial charge in [-0.2, -0.15) is 0 Å². The van der Waals surface area contributed by atoms with Crippen molar-refractivity contribution in [2.75, 3.05) is 42.1 Å².